The monoisotopic (exact) mass is 364 g/mol. The lowest BCUT2D eigenvalue weighted by atomic mass is 10.1. The molecular formula is C15H25FN2O3S2. The van der Waals surface area contributed by atoms with Gasteiger partial charge in [-0.25, -0.2) is 19.4 Å². The smallest absolute Gasteiger partial charge is 0.355 e. The molecule has 5 nitrogen and oxygen atoms in total. The molecule has 23 heavy (non-hydrogen) atoms. The fourth-order valence-corrected chi connectivity index (χ4v) is 3.14. The van der Waals surface area contributed by atoms with Gasteiger partial charge in [0.05, 0.1) is 0 Å². The molecule has 1 N–H and O–H groups in total. The van der Waals surface area contributed by atoms with Crippen molar-refractivity contribution in [3.63, 3.8) is 0 Å². The lowest BCUT2D eigenvalue weighted by Gasteiger charge is -2.20. The Morgan fingerprint density at radius 3 is 2.70 bits per heavy atom. The molecule has 0 bridgehead atoms. The fraction of sp³-hybridized carbons (Fsp3) is 0.733. The van der Waals surface area contributed by atoms with Gasteiger partial charge in [0.15, 0.2) is 5.69 Å². The Hall–Kier alpha value is -0.700. The van der Waals surface area contributed by atoms with E-state index in [9.17, 15) is 9.32 Å². The summed E-state index contributed by atoms with van der Waals surface area (Å²) in [6, 6.07) is 0. The zero-order chi connectivity index (χ0) is 17.5. The number of nitrogens with one attached hydrogen (secondary N) is 1. The Kier molecular flexibility index (Phi) is 8.46. The van der Waals surface area contributed by atoms with Crippen LogP contribution in [0.2, 0.25) is 0 Å². The van der Waals surface area contributed by atoms with Crippen LogP contribution in [0.5, 0.6) is 0 Å². The van der Waals surface area contributed by atoms with E-state index < -0.39 is 5.97 Å². The van der Waals surface area contributed by atoms with Crippen LogP contribution in [0, 0.1) is 5.92 Å². The van der Waals surface area contributed by atoms with Gasteiger partial charge in [-0.2, -0.15) is 0 Å². The van der Waals surface area contributed by atoms with Gasteiger partial charge in [0, 0.05) is 14.7 Å². The molecular weight excluding hydrogens is 339 g/mol. The number of hydrogen-bond donors (Lipinski definition) is 1. The molecule has 0 saturated carbocycles. The summed E-state index contributed by atoms with van der Waals surface area (Å²) < 4.78 is 21.1. The van der Waals surface area contributed by atoms with Gasteiger partial charge in [-0.3, -0.25) is 0 Å². The van der Waals surface area contributed by atoms with Crippen molar-refractivity contribution >= 4 is 29.3 Å². The van der Waals surface area contributed by atoms with Crippen molar-refractivity contribution in [1.82, 2.24) is 9.71 Å². The lowest BCUT2D eigenvalue weighted by Crippen LogP contribution is -2.21. The highest BCUT2D eigenvalue weighted by Gasteiger charge is 2.21. The third kappa shape index (κ3) is 8.10. The molecule has 0 aliphatic rings. The minimum Gasteiger partial charge on any atom is -0.355 e. The quantitative estimate of drug-likeness (QED) is 0.390. The molecule has 1 heterocycles. The van der Waals surface area contributed by atoms with Crippen molar-refractivity contribution in [3.05, 3.63) is 16.1 Å². The number of nitrogens with zero attached hydrogens (tertiary/aromatic N) is 1. The van der Waals surface area contributed by atoms with E-state index in [1.165, 1.54) is 16.7 Å². The van der Waals surface area contributed by atoms with Crippen LogP contribution in [0.25, 0.3) is 0 Å². The Bertz CT molecular complexity index is 489. The van der Waals surface area contributed by atoms with Gasteiger partial charge in [-0.1, -0.05) is 25.8 Å². The van der Waals surface area contributed by atoms with Crippen LogP contribution in [-0.4, -0.2) is 22.4 Å². The standard InChI is InChI=1S/C15H25FN2O3S2/c1-10(2)6-7-12(20-9-17-23-15(3,4)5)13-18-11(8-22-13)14(19)21-16/h8,10,12,17H,6-7,9H2,1-5H3. The summed E-state index contributed by atoms with van der Waals surface area (Å²) in [6.45, 7) is 11.0. The van der Waals surface area contributed by atoms with Crippen molar-refractivity contribution in [2.75, 3.05) is 6.73 Å². The first kappa shape index (κ1) is 20.3. The summed E-state index contributed by atoms with van der Waals surface area (Å²) in [5.41, 5.74) is -0.0253. The zero-order valence-electron chi connectivity index (χ0n) is 14.2. The van der Waals surface area contributed by atoms with Crippen LogP contribution < -0.4 is 4.72 Å². The SMILES string of the molecule is CC(C)CCC(OCNSC(C)(C)C)c1nc(C(=O)OF)cs1. The van der Waals surface area contributed by atoms with Gasteiger partial charge in [0.2, 0.25) is 0 Å². The molecule has 132 valence electrons. The first-order valence-corrected chi connectivity index (χ1v) is 9.23. The second-order valence-corrected chi connectivity index (χ2v) is 9.17. The molecule has 0 spiro atoms. The maximum absolute atomic E-state index is 12.0. The second-order valence-electron chi connectivity index (χ2n) is 6.57. The van der Waals surface area contributed by atoms with E-state index in [4.69, 9.17) is 4.74 Å². The van der Waals surface area contributed by atoms with Crippen molar-refractivity contribution in [1.29, 1.82) is 0 Å². The first-order chi connectivity index (χ1) is 10.7. The van der Waals surface area contributed by atoms with Crippen LogP contribution >= 0.6 is 23.3 Å². The maximum atomic E-state index is 12.0. The molecule has 0 fully saturated rings. The maximum Gasteiger partial charge on any atom is 0.398 e. The summed E-state index contributed by atoms with van der Waals surface area (Å²) in [7, 11) is 0. The number of carbonyl (C=O) groups excluding carboxylic acids is 1. The molecule has 1 aromatic heterocycles. The number of thiazole rings is 1. The highest BCUT2D eigenvalue weighted by atomic mass is 32.2. The summed E-state index contributed by atoms with van der Waals surface area (Å²) in [5, 5.41) is 2.15. The molecule has 8 heteroatoms. The highest BCUT2D eigenvalue weighted by Crippen LogP contribution is 2.28. The first-order valence-electron chi connectivity index (χ1n) is 7.53. The number of ether oxygens (including phenoxy) is 1. The van der Waals surface area contributed by atoms with Crippen LogP contribution in [0.1, 0.15) is 69.1 Å². The molecule has 0 aliphatic heterocycles. The topological polar surface area (TPSA) is 60.5 Å². The van der Waals surface area contributed by atoms with Gasteiger partial charge >= 0.3 is 5.97 Å². The predicted molar refractivity (Wildman–Crippen MR) is 91.9 cm³/mol. The van der Waals surface area contributed by atoms with Gasteiger partial charge < -0.3 is 4.74 Å². The average molecular weight is 365 g/mol. The number of aromatic nitrogens is 1. The Labute approximate surface area is 145 Å². The fourth-order valence-electron chi connectivity index (χ4n) is 1.71. The van der Waals surface area contributed by atoms with E-state index in [-0.39, 0.29) is 16.5 Å². The Morgan fingerprint density at radius 1 is 1.43 bits per heavy atom. The van der Waals surface area contributed by atoms with Gasteiger partial charge in [0.1, 0.15) is 17.8 Å². The lowest BCUT2D eigenvalue weighted by molar-refractivity contribution is -0.0793. The van der Waals surface area contributed by atoms with Gasteiger partial charge in [0.25, 0.3) is 0 Å². The molecule has 0 aliphatic carbocycles. The highest BCUT2D eigenvalue weighted by molar-refractivity contribution is 7.98. The van der Waals surface area contributed by atoms with E-state index in [1.54, 1.807) is 11.9 Å². The molecule has 0 saturated heterocycles. The number of halogens is 1. The van der Waals surface area contributed by atoms with E-state index in [0.29, 0.717) is 17.7 Å². The molecule has 0 radical (unpaired) electrons. The van der Waals surface area contributed by atoms with Gasteiger partial charge in [-0.15, -0.1) is 11.3 Å². The summed E-state index contributed by atoms with van der Waals surface area (Å²) >= 11 is 2.87. The van der Waals surface area contributed by atoms with Crippen LogP contribution in [0.3, 0.4) is 0 Å². The molecule has 1 aromatic rings. The number of hydrogen-bond acceptors (Lipinski definition) is 7. The molecule has 1 rings (SSSR count). The molecule has 1 atom stereocenters. The Balaban J connectivity index is 2.64. The van der Waals surface area contributed by atoms with Crippen molar-refractivity contribution in [3.8, 4) is 0 Å². The zero-order valence-corrected chi connectivity index (χ0v) is 15.9. The number of rotatable bonds is 9. The third-order valence-electron chi connectivity index (χ3n) is 2.80. The largest absolute Gasteiger partial charge is 0.398 e. The van der Waals surface area contributed by atoms with E-state index in [2.05, 4.69) is 49.3 Å². The molecule has 0 amide bonds. The minimum atomic E-state index is -1.07. The second kappa shape index (κ2) is 9.56. The van der Waals surface area contributed by atoms with Crippen LogP contribution in [0.15, 0.2) is 5.38 Å². The average Bonchev–Trinajstić information content (AvgIpc) is 2.94. The predicted octanol–water partition coefficient (Wildman–Crippen LogP) is 4.67. The third-order valence-corrected chi connectivity index (χ3v) is 4.62. The molecule has 1 unspecified atom stereocenters. The molecule has 0 aromatic carbocycles. The van der Waals surface area contributed by atoms with Crippen LogP contribution in [0.4, 0.5) is 4.53 Å². The normalized spacial score (nSPS) is 13.3. The van der Waals surface area contributed by atoms with Crippen molar-refractivity contribution in [2.24, 2.45) is 5.92 Å². The van der Waals surface area contributed by atoms with Crippen LogP contribution in [-0.2, 0) is 9.68 Å². The van der Waals surface area contributed by atoms with Gasteiger partial charge in [-0.05, 0) is 39.5 Å². The van der Waals surface area contributed by atoms with Crippen molar-refractivity contribution in [2.45, 2.75) is 58.3 Å². The minimum absolute atomic E-state index is 0.0253. The summed E-state index contributed by atoms with van der Waals surface area (Å²) in [4.78, 5) is 18.5. The number of carbonyl (C=O) groups is 1. The summed E-state index contributed by atoms with van der Waals surface area (Å²) in [6.07, 6.45) is 1.54. The van der Waals surface area contributed by atoms with Crippen molar-refractivity contribution < 1.29 is 19.0 Å². The van der Waals surface area contributed by atoms with E-state index in [1.807, 2.05) is 0 Å². The Morgan fingerprint density at radius 2 is 2.13 bits per heavy atom. The van der Waals surface area contributed by atoms with E-state index in [0.717, 1.165) is 12.8 Å². The van der Waals surface area contributed by atoms with E-state index >= 15 is 0 Å². The summed E-state index contributed by atoms with van der Waals surface area (Å²) in [5.74, 6) is -0.537.